The molecule has 0 saturated carbocycles. The van der Waals surface area contributed by atoms with Crippen LogP contribution in [0.3, 0.4) is 0 Å². The van der Waals surface area contributed by atoms with E-state index in [0.717, 1.165) is 6.20 Å². The van der Waals surface area contributed by atoms with E-state index in [0.29, 0.717) is 16.0 Å². The van der Waals surface area contributed by atoms with Crippen LogP contribution >= 0.6 is 11.6 Å². The van der Waals surface area contributed by atoms with Crippen LogP contribution in [0, 0.1) is 12.1 Å². The minimum atomic E-state index is -3.80. The van der Waals surface area contributed by atoms with Gasteiger partial charge in [-0.05, 0) is 42.8 Å². The number of ketones is 2. The van der Waals surface area contributed by atoms with Crippen LogP contribution in [0.2, 0.25) is 5.02 Å². The Balaban J connectivity index is 1.99. The number of sulfone groups is 1. The van der Waals surface area contributed by atoms with Gasteiger partial charge in [-0.1, -0.05) is 29.8 Å². The molecule has 3 aromatic rings. The first-order valence-corrected chi connectivity index (χ1v) is 11.0. The average Bonchev–Trinajstić information content (AvgIpc) is 2.70. The van der Waals surface area contributed by atoms with E-state index >= 15 is 0 Å². The Labute approximate surface area is 179 Å². The van der Waals surface area contributed by atoms with E-state index < -0.39 is 21.4 Å². The number of aryl methyl sites for hydroxylation is 1. The lowest BCUT2D eigenvalue weighted by Gasteiger charge is -2.11. The molecule has 0 atom stereocenters. The first-order chi connectivity index (χ1) is 14.1. The highest BCUT2D eigenvalue weighted by Crippen LogP contribution is 2.24. The summed E-state index contributed by atoms with van der Waals surface area (Å²) in [7, 11) is -3.80. The van der Waals surface area contributed by atoms with Crippen molar-refractivity contribution in [1.29, 1.82) is 0 Å². The van der Waals surface area contributed by atoms with Crippen molar-refractivity contribution in [3.63, 3.8) is 0 Å². The van der Waals surface area contributed by atoms with Gasteiger partial charge in [-0.25, -0.2) is 8.42 Å². The highest BCUT2D eigenvalue weighted by atomic mass is 35.5. The van der Waals surface area contributed by atoms with Gasteiger partial charge in [0.25, 0.3) is 0 Å². The Hall–Kier alpha value is -3.03. The molecule has 0 amide bonds. The van der Waals surface area contributed by atoms with E-state index in [1.807, 2.05) is 0 Å². The summed E-state index contributed by atoms with van der Waals surface area (Å²) in [5.41, 5.74) is 1.33. The Morgan fingerprint density at radius 2 is 1.63 bits per heavy atom. The summed E-state index contributed by atoms with van der Waals surface area (Å²) in [5.74, 6) is -1.11. The van der Waals surface area contributed by atoms with Crippen LogP contribution in [0.25, 0.3) is 0 Å². The van der Waals surface area contributed by atoms with Crippen LogP contribution in [0.5, 0.6) is 0 Å². The van der Waals surface area contributed by atoms with Crippen LogP contribution < -0.4 is 4.73 Å². The van der Waals surface area contributed by atoms with E-state index in [9.17, 15) is 23.2 Å². The molecule has 0 fully saturated rings. The molecular weight excluding hydrogens is 426 g/mol. The number of hydrogen-bond acceptors (Lipinski definition) is 5. The molecule has 6 nitrogen and oxygen atoms in total. The number of halogens is 1. The molecule has 30 heavy (non-hydrogen) atoms. The van der Waals surface area contributed by atoms with Crippen LogP contribution in [0.15, 0.2) is 65.7 Å². The number of carbonyl (C=O) groups excluding carboxylic acids is 2. The minimum absolute atomic E-state index is 0.0357. The first-order valence-electron chi connectivity index (χ1n) is 8.95. The standard InChI is InChI=1S/C22H18ClNO5S/c1-14-3-4-17(12-24(14)27)22(26)21-11-19(23)8-5-18(21)13-30(28,29)20-9-6-16(7-10-20)15(2)25/h3-12H,13H2,1-2H3. The van der Waals surface area contributed by atoms with Gasteiger partial charge in [-0.15, -0.1) is 0 Å². The Kier molecular flexibility index (Phi) is 6.05. The van der Waals surface area contributed by atoms with Crippen LogP contribution in [-0.2, 0) is 15.6 Å². The van der Waals surface area contributed by atoms with Crippen molar-refractivity contribution in [3.05, 3.63) is 99.0 Å². The van der Waals surface area contributed by atoms with Gasteiger partial charge in [-0.3, -0.25) is 9.59 Å². The molecule has 0 unspecified atom stereocenters. The maximum atomic E-state index is 13.0. The fourth-order valence-electron chi connectivity index (χ4n) is 2.92. The molecule has 0 aliphatic rings. The number of hydrogen-bond donors (Lipinski definition) is 0. The van der Waals surface area contributed by atoms with Gasteiger partial charge in [0.1, 0.15) is 0 Å². The van der Waals surface area contributed by atoms with E-state index in [4.69, 9.17) is 11.6 Å². The first kappa shape index (κ1) is 21.7. The van der Waals surface area contributed by atoms with E-state index in [-0.39, 0.29) is 32.4 Å². The van der Waals surface area contributed by atoms with E-state index in [1.54, 1.807) is 6.92 Å². The molecular formula is C22H18ClNO5S. The zero-order valence-electron chi connectivity index (χ0n) is 16.3. The van der Waals surface area contributed by atoms with E-state index in [2.05, 4.69) is 0 Å². The Morgan fingerprint density at radius 1 is 1.00 bits per heavy atom. The summed E-state index contributed by atoms with van der Waals surface area (Å²) in [6, 6.07) is 13.0. The lowest BCUT2D eigenvalue weighted by molar-refractivity contribution is -0.612. The minimum Gasteiger partial charge on any atom is -0.618 e. The molecule has 0 bridgehead atoms. The molecule has 0 N–H and O–H groups in total. The molecule has 0 spiro atoms. The second-order valence-corrected chi connectivity index (χ2v) is 9.28. The zero-order valence-corrected chi connectivity index (χ0v) is 17.8. The Morgan fingerprint density at radius 3 is 2.23 bits per heavy atom. The second-order valence-electron chi connectivity index (χ2n) is 6.86. The van der Waals surface area contributed by atoms with Crippen molar-refractivity contribution in [2.24, 2.45) is 0 Å². The van der Waals surface area contributed by atoms with Crippen molar-refractivity contribution in [2.75, 3.05) is 0 Å². The Bertz CT molecular complexity index is 1250. The summed E-state index contributed by atoms with van der Waals surface area (Å²) >= 11 is 6.04. The van der Waals surface area contributed by atoms with Crippen LogP contribution in [0.4, 0.5) is 0 Å². The largest absolute Gasteiger partial charge is 0.618 e. The average molecular weight is 444 g/mol. The van der Waals surface area contributed by atoms with Crippen molar-refractivity contribution < 1.29 is 22.7 Å². The summed E-state index contributed by atoms with van der Waals surface area (Å²) in [5, 5.41) is 12.1. The van der Waals surface area contributed by atoms with Crippen molar-refractivity contribution >= 4 is 33.0 Å². The number of nitrogens with zero attached hydrogens (tertiary/aromatic N) is 1. The van der Waals surface area contributed by atoms with Crippen LogP contribution in [-0.4, -0.2) is 20.0 Å². The summed E-state index contributed by atoms with van der Waals surface area (Å²) < 4.78 is 26.4. The molecule has 3 rings (SSSR count). The van der Waals surface area contributed by atoms with Crippen molar-refractivity contribution in [3.8, 4) is 0 Å². The topological polar surface area (TPSA) is 95.2 Å². The third-order valence-electron chi connectivity index (χ3n) is 4.65. The third-order valence-corrected chi connectivity index (χ3v) is 6.57. The monoisotopic (exact) mass is 443 g/mol. The SMILES string of the molecule is CC(=O)c1ccc(S(=O)(=O)Cc2ccc(Cl)cc2C(=O)c2ccc(C)[n+]([O-])c2)cc1. The fraction of sp³-hybridized carbons (Fsp3) is 0.136. The quantitative estimate of drug-likeness (QED) is 0.329. The fourth-order valence-corrected chi connectivity index (χ4v) is 4.47. The number of benzene rings is 2. The molecule has 0 aliphatic heterocycles. The molecule has 154 valence electrons. The predicted molar refractivity (Wildman–Crippen MR) is 112 cm³/mol. The van der Waals surface area contributed by atoms with Crippen molar-refractivity contribution in [2.45, 2.75) is 24.5 Å². The molecule has 0 radical (unpaired) electrons. The van der Waals surface area contributed by atoms with Gasteiger partial charge >= 0.3 is 0 Å². The number of carbonyl (C=O) groups is 2. The van der Waals surface area contributed by atoms with Gasteiger partial charge < -0.3 is 5.21 Å². The predicted octanol–water partition coefficient (Wildman–Crippen LogP) is 3.69. The number of pyridine rings is 1. The van der Waals surface area contributed by atoms with Crippen LogP contribution in [0.1, 0.15) is 44.5 Å². The summed E-state index contributed by atoms with van der Waals surface area (Å²) in [4.78, 5) is 24.4. The highest BCUT2D eigenvalue weighted by Gasteiger charge is 2.22. The van der Waals surface area contributed by atoms with Gasteiger partial charge in [0.05, 0.1) is 16.2 Å². The van der Waals surface area contributed by atoms with Crippen molar-refractivity contribution in [1.82, 2.24) is 0 Å². The number of rotatable bonds is 6. The van der Waals surface area contributed by atoms with E-state index in [1.165, 1.54) is 61.5 Å². The van der Waals surface area contributed by atoms with Gasteiger partial charge in [-0.2, -0.15) is 4.73 Å². The highest BCUT2D eigenvalue weighted by molar-refractivity contribution is 7.90. The lowest BCUT2D eigenvalue weighted by Crippen LogP contribution is -2.30. The van der Waals surface area contributed by atoms with Gasteiger partial charge in [0, 0.05) is 29.1 Å². The summed E-state index contributed by atoms with van der Waals surface area (Å²) in [6.45, 7) is 3.00. The number of Topliss-reactive ketones (excluding diaryl/α,β-unsaturated/α-hetero) is 1. The smallest absolute Gasteiger partial charge is 0.199 e. The molecule has 8 heteroatoms. The molecule has 2 aromatic carbocycles. The van der Waals surface area contributed by atoms with Gasteiger partial charge in [0.15, 0.2) is 33.3 Å². The summed E-state index contributed by atoms with van der Waals surface area (Å²) in [6.07, 6.45) is 1.15. The molecule has 1 heterocycles. The lowest BCUT2D eigenvalue weighted by atomic mass is 10.00. The zero-order chi connectivity index (χ0) is 22.1. The molecule has 1 aromatic heterocycles. The number of aromatic nitrogens is 1. The van der Waals surface area contributed by atoms with Gasteiger partial charge in [0.2, 0.25) is 0 Å². The molecule has 0 saturated heterocycles. The maximum absolute atomic E-state index is 13.0. The normalized spacial score (nSPS) is 11.3. The molecule has 0 aliphatic carbocycles. The third kappa shape index (κ3) is 4.58. The maximum Gasteiger partial charge on any atom is 0.199 e. The second kappa shape index (κ2) is 8.38.